The van der Waals surface area contributed by atoms with Crippen molar-refractivity contribution in [1.29, 1.82) is 0 Å². The van der Waals surface area contributed by atoms with E-state index >= 15 is 0 Å². The lowest BCUT2D eigenvalue weighted by Crippen LogP contribution is -2.36. The van der Waals surface area contributed by atoms with Crippen molar-refractivity contribution in [2.45, 2.75) is 19.4 Å². The average Bonchev–Trinajstić information content (AvgIpc) is 1.89. The van der Waals surface area contributed by atoms with E-state index in [1.54, 1.807) is 0 Å². The molecule has 0 aromatic rings. The Hall–Kier alpha value is 0.160. The third-order valence-electron chi connectivity index (χ3n) is 1.19. The molecule has 60 valence electrons. The summed E-state index contributed by atoms with van der Waals surface area (Å²) in [5.74, 6) is -0.757. The van der Waals surface area contributed by atoms with Crippen molar-refractivity contribution in [3.63, 3.8) is 0 Å². The summed E-state index contributed by atoms with van der Waals surface area (Å²) in [6, 6.07) is -0.366. The van der Waals surface area contributed by atoms with Gasteiger partial charge in [-0.1, -0.05) is 29.5 Å². The van der Waals surface area contributed by atoms with Gasteiger partial charge >= 0.3 is 5.97 Å². The number of rotatable bonds is 5. The largest absolute Gasteiger partial charge is 0.480 e. The molecule has 1 atom stereocenters. The van der Waals surface area contributed by atoms with Gasteiger partial charge in [0.1, 0.15) is 6.04 Å². The molecule has 0 aromatic heterocycles. The van der Waals surface area contributed by atoms with Crippen LogP contribution < -0.4 is 5.32 Å². The predicted octanol–water partition coefficient (Wildman–Crippen LogP) is 0.874. The van der Waals surface area contributed by atoms with Gasteiger partial charge < -0.3 is 10.4 Å². The molecule has 0 amide bonds. The number of hydrogen-bond acceptors (Lipinski definition) is 2. The molecule has 2 N–H and O–H groups in total. The van der Waals surface area contributed by atoms with Crippen molar-refractivity contribution in [3.05, 3.63) is 0 Å². The van der Waals surface area contributed by atoms with Gasteiger partial charge in [0.25, 0.3) is 0 Å². The predicted molar refractivity (Wildman–Crippen MR) is 48.6 cm³/mol. The molecule has 0 aliphatic heterocycles. The van der Waals surface area contributed by atoms with Gasteiger partial charge in [-0.25, -0.2) is 0 Å². The van der Waals surface area contributed by atoms with Gasteiger partial charge in [-0.05, 0) is 6.42 Å². The summed E-state index contributed by atoms with van der Waals surface area (Å²) in [5, 5.41) is 11.4. The molecule has 10 heavy (non-hydrogen) atoms. The van der Waals surface area contributed by atoms with Crippen LogP contribution in [0.1, 0.15) is 13.3 Å². The molecule has 0 fully saturated rings. The van der Waals surface area contributed by atoms with Gasteiger partial charge in [0.15, 0.2) is 0 Å². The average molecular weight is 257 g/mol. The van der Waals surface area contributed by atoms with E-state index in [-0.39, 0.29) is 6.04 Å². The molecule has 0 aromatic carbocycles. The molecule has 0 radical (unpaired) electrons. The first-order valence-electron chi connectivity index (χ1n) is 3.24. The summed E-state index contributed by atoms with van der Waals surface area (Å²) < 4.78 is 0.946. The molecule has 0 saturated carbocycles. The van der Waals surface area contributed by atoms with Crippen molar-refractivity contribution in [2.24, 2.45) is 0 Å². The number of carbonyl (C=O) groups is 1. The van der Waals surface area contributed by atoms with Crippen LogP contribution in [0.2, 0.25) is 0 Å². The van der Waals surface area contributed by atoms with Crippen molar-refractivity contribution in [3.8, 4) is 0 Å². The van der Waals surface area contributed by atoms with Crippen molar-refractivity contribution < 1.29 is 9.90 Å². The third kappa shape index (κ3) is 4.05. The van der Waals surface area contributed by atoms with E-state index in [9.17, 15) is 4.79 Å². The lowest BCUT2D eigenvalue weighted by molar-refractivity contribution is -0.139. The van der Waals surface area contributed by atoms with E-state index in [1.807, 2.05) is 6.92 Å². The van der Waals surface area contributed by atoms with Crippen molar-refractivity contribution in [2.75, 3.05) is 11.0 Å². The number of hydrogen-bond donors (Lipinski definition) is 2. The Morgan fingerprint density at radius 2 is 2.40 bits per heavy atom. The van der Waals surface area contributed by atoms with Crippen LogP contribution in [0.25, 0.3) is 0 Å². The number of aliphatic carboxylic acids is 1. The molecule has 0 bridgehead atoms. The fourth-order valence-corrected chi connectivity index (χ4v) is 0.946. The topological polar surface area (TPSA) is 49.3 Å². The second kappa shape index (κ2) is 5.91. The number of carboxylic acid groups (broad SMARTS) is 1. The van der Waals surface area contributed by atoms with Crippen LogP contribution in [0, 0.1) is 0 Å². The summed E-state index contributed by atoms with van der Waals surface area (Å²) in [6.45, 7) is 2.63. The van der Waals surface area contributed by atoms with Crippen LogP contribution >= 0.6 is 22.6 Å². The quantitative estimate of drug-likeness (QED) is 0.567. The minimum absolute atomic E-state index is 0.366. The van der Waals surface area contributed by atoms with Crippen molar-refractivity contribution in [1.82, 2.24) is 5.32 Å². The number of alkyl halides is 1. The van der Waals surface area contributed by atoms with Crippen LogP contribution in [-0.2, 0) is 4.79 Å². The maximum Gasteiger partial charge on any atom is 0.320 e. The Morgan fingerprint density at radius 3 is 2.70 bits per heavy atom. The lowest BCUT2D eigenvalue weighted by Gasteiger charge is -2.09. The molecule has 0 saturated heterocycles. The summed E-state index contributed by atoms with van der Waals surface area (Å²) in [5.41, 5.74) is 0. The maximum absolute atomic E-state index is 10.4. The zero-order valence-corrected chi connectivity index (χ0v) is 8.09. The molecule has 1 unspecified atom stereocenters. The standard InChI is InChI=1S/C6H12INO2/c1-2-5(6(9)10)8-4-3-7/h5,8H,2-4H2,1H3,(H,9,10). The highest BCUT2D eigenvalue weighted by atomic mass is 127. The molecule has 0 heterocycles. The molecular weight excluding hydrogens is 245 g/mol. The van der Waals surface area contributed by atoms with Crippen LogP contribution in [-0.4, -0.2) is 28.1 Å². The van der Waals surface area contributed by atoms with E-state index in [0.29, 0.717) is 6.42 Å². The molecule has 0 aliphatic rings. The van der Waals surface area contributed by atoms with Gasteiger partial charge in [-0.15, -0.1) is 0 Å². The van der Waals surface area contributed by atoms with E-state index in [2.05, 4.69) is 27.9 Å². The Balaban J connectivity index is 3.50. The first-order valence-corrected chi connectivity index (χ1v) is 4.77. The van der Waals surface area contributed by atoms with E-state index in [0.717, 1.165) is 11.0 Å². The maximum atomic E-state index is 10.4. The summed E-state index contributed by atoms with van der Waals surface area (Å²) in [7, 11) is 0. The SMILES string of the molecule is CCC(NCCI)C(=O)O. The van der Waals surface area contributed by atoms with Gasteiger partial charge in [0, 0.05) is 11.0 Å². The first kappa shape index (κ1) is 10.2. The highest BCUT2D eigenvalue weighted by molar-refractivity contribution is 14.1. The van der Waals surface area contributed by atoms with E-state index in [4.69, 9.17) is 5.11 Å². The molecule has 0 spiro atoms. The number of nitrogens with one attached hydrogen (secondary N) is 1. The Kier molecular flexibility index (Phi) is 6.00. The summed E-state index contributed by atoms with van der Waals surface area (Å²) in [6.07, 6.45) is 0.645. The second-order valence-corrected chi connectivity index (χ2v) is 3.02. The lowest BCUT2D eigenvalue weighted by atomic mass is 10.2. The van der Waals surface area contributed by atoms with Crippen LogP contribution in [0.4, 0.5) is 0 Å². The Labute approximate surface area is 74.3 Å². The van der Waals surface area contributed by atoms with Crippen LogP contribution in [0.15, 0.2) is 0 Å². The minimum atomic E-state index is -0.757. The number of halogens is 1. The molecule has 4 heteroatoms. The fraction of sp³-hybridized carbons (Fsp3) is 0.833. The van der Waals surface area contributed by atoms with Gasteiger partial charge in [-0.3, -0.25) is 4.79 Å². The fourth-order valence-electron chi connectivity index (χ4n) is 0.635. The van der Waals surface area contributed by atoms with Gasteiger partial charge in [-0.2, -0.15) is 0 Å². The minimum Gasteiger partial charge on any atom is -0.480 e. The smallest absolute Gasteiger partial charge is 0.320 e. The Morgan fingerprint density at radius 1 is 1.80 bits per heavy atom. The zero-order valence-electron chi connectivity index (χ0n) is 5.93. The Bertz CT molecular complexity index is 108. The highest BCUT2D eigenvalue weighted by Gasteiger charge is 2.12. The van der Waals surface area contributed by atoms with Gasteiger partial charge in [0.05, 0.1) is 0 Å². The summed E-state index contributed by atoms with van der Waals surface area (Å²) in [4.78, 5) is 10.4. The molecule has 0 rings (SSSR count). The highest BCUT2D eigenvalue weighted by Crippen LogP contribution is 1.90. The van der Waals surface area contributed by atoms with Crippen LogP contribution in [0.5, 0.6) is 0 Å². The molecular formula is C6H12INO2. The second-order valence-electron chi connectivity index (χ2n) is 1.94. The zero-order chi connectivity index (χ0) is 7.98. The van der Waals surface area contributed by atoms with Crippen molar-refractivity contribution >= 4 is 28.6 Å². The third-order valence-corrected chi connectivity index (χ3v) is 1.73. The first-order chi connectivity index (χ1) is 4.72. The van der Waals surface area contributed by atoms with Gasteiger partial charge in [0.2, 0.25) is 0 Å². The van der Waals surface area contributed by atoms with E-state index in [1.165, 1.54) is 0 Å². The number of carboxylic acids is 1. The molecule has 3 nitrogen and oxygen atoms in total. The summed E-state index contributed by atoms with van der Waals surface area (Å²) >= 11 is 2.21. The van der Waals surface area contributed by atoms with E-state index < -0.39 is 5.97 Å². The van der Waals surface area contributed by atoms with Crippen LogP contribution in [0.3, 0.4) is 0 Å². The normalized spacial score (nSPS) is 13.0. The molecule has 0 aliphatic carbocycles. The monoisotopic (exact) mass is 257 g/mol.